The molecule has 0 aromatic heterocycles. The maximum atomic E-state index is 12.8. The second kappa shape index (κ2) is 8.21. The molecule has 4 saturated carbocycles. The number of ether oxygens (including phenoxy) is 1. The van der Waals surface area contributed by atoms with Crippen LogP contribution in [-0.4, -0.2) is 23.1 Å². The van der Waals surface area contributed by atoms with Crippen molar-refractivity contribution in [2.75, 3.05) is 0 Å². The Hall–Kier alpha value is -1.58. The number of carboxylic acids is 1. The van der Waals surface area contributed by atoms with E-state index in [2.05, 4.69) is 61.1 Å². The predicted molar refractivity (Wildman–Crippen MR) is 147 cm³/mol. The third kappa shape index (κ3) is 3.52. The molecule has 0 unspecified atom stereocenters. The van der Waals surface area contributed by atoms with Gasteiger partial charge in [0.05, 0.1) is 5.41 Å². The first-order valence-corrected chi connectivity index (χ1v) is 14.8. The number of hydrogen-bond donors (Lipinski definition) is 1. The lowest BCUT2D eigenvalue weighted by atomic mass is 9.33. The number of carboxylic acid groups (broad SMARTS) is 1. The van der Waals surface area contributed by atoms with Crippen LogP contribution in [0.1, 0.15) is 113 Å². The van der Waals surface area contributed by atoms with Crippen LogP contribution in [0.3, 0.4) is 0 Å². The van der Waals surface area contributed by atoms with E-state index in [0.717, 1.165) is 64.2 Å². The van der Waals surface area contributed by atoms with Gasteiger partial charge in [0, 0.05) is 11.5 Å². The monoisotopic (exact) mass is 510 g/mol. The fourth-order valence-electron chi connectivity index (χ4n) is 11.0. The largest absolute Gasteiger partial charge is 0.481 e. The fourth-order valence-corrected chi connectivity index (χ4v) is 11.0. The van der Waals surface area contributed by atoms with Crippen LogP contribution in [0.5, 0.6) is 0 Å². The van der Waals surface area contributed by atoms with Crippen molar-refractivity contribution in [2.24, 2.45) is 50.2 Å². The van der Waals surface area contributed by atoms with Crippen molar-refractivity contribution >= 4 is 11.9 Å². The highest BCUT2D eigenvalue weighted by Crippen LogP contribution is 2.75. The summed E-state index contributed by atoms with van der Waals surface area (Å²) in [6.07, 6.45) is 13.7. The van der Waals surface area contributed by atoms with Gasteiger partial charge in [-0.1, -0.05) is 66.7 Å². The molecule has 5 aliphatic carbocycles. The van der Waals surface area contributed by atoms with Gasteiger partial charge in [0.2, 0.25) is 0 Å². The van der Waals surface area contributed by atoms with Crippen molar-refractivity contribution in [1.82, 2.24) is 0 Å². The molecule has 0 aliphatic heterocycles. The van der Waals surface area contributed by atoms with Crippen LogP contribution < -0.4 is 0 Å². The van der Waals surface area contributed by atoms with Crippen LogP contribution in [0.15, 0.2) is 24.3 Å². The highest BCUT2D eigenvalue weighted by atomic mass is 16.5. The van der Waals surface area contributed by atoms with Gasteiger partial charge in [-0.3, -0.25) is 4.79 Å². The van der Waals surface area contributed by atoms with Gasteiger partial charge in [0.25, 0.3) is 0 Å². The topological polar surface area (TPSA) is 63.6 Å². The summed E-state index contributed by atoms with van der Waals surface area (Å²) in [5.41, 5.74) is 1.37. The quantitative estimate of drug-likeness (QED) is 0.237. The van der Waals surface area contributed by atoms with Crippen LogP contribution in [0.25, 0.3) is 0 Å². The number of carbonyl (C=O) groups excluding carboxylic acids is 1. The van der Waals surface area contributed by atoms with Crippen LogP contribution in [0, 0.1) is 50.2 Å². The molecular formula is C33H50O4. The third-order valence-electron chi connectivity index (χ3n) is 13.4. The van der Waals surface area contributed by atoms with Gasteiger partial charge in [0.1, 0.15) is 6.10 Å². The van der Waals surface area contributed by atoms with Crippen LogP contribution in [-0.2, 0) is 14.3 Å². The molecule has 8 atom stereocenters. The molecule has 0 aromatic rings. The Morgan fingerprint density at radius 1 is 0.946 bits per heavy atom. The Bertz CT molecular complexity index is 1040. The van der Waals surface area contributed by atoms with Gasteiger partial charge in [-0.05, 0) is 104 Å². The van der Waals surface area contributed by atoms with Crippen molar-refractivity contribution in [3.8, 4) is 0 Å². The van der Waals surface area contributed by atoms with E-state index >= 15 is 0 Å². The summed E-state index contributed by atoms with van der Waals surface area (Å²) < 4.78 is 5.90. The number of fused-ring (bicyclic) bond motifs is 7. The lowest BCUT2D eigenvalue weighted by molar-refractivity contribution is -0.212. The Kier molecular flexibility index (Phi) is 5.99. The lowest BCUT2D eigenvalue weighted by Crippen LogP contribution is -2.65. The number of rotatable bonds is 3. The summed E-state index contributed by atoms with van der Waals surface area (Å²) in [5, 5.41) is 10.6. The molecule has 0 heterocycles. The molecule has 4 fully saturated rings. The summed E-state index contributed by atoms with van der Waals surface area (Å²) in [5.74, 6) is 0.328. The van der Waals surface area contributed by atoms with E-state index in [1.165, 1.54) is 11.6 Å². The molecular weight excluding hydrogens is 460 g/mol. The SMILES string of the molecule is C=CC(=O)O[C@H]1CC[C@]2(C)[C@H]3CC=C4[C@@H]5CC(C)(C)CC[C@]5(C(=O)O)CC[C@@]4(C)[C@]3(C)CC[C@H]2C1(C)C. The van der Waals surface area contributed by atoms with E-state index in [9.17, 15) is 14.7 Å². The molecule has 5 rings (SSSR count). The summed E-state index contributed by atoms with van der Waals surface area (Å²) in [4.78, 5) is 25.0. The predicted octanol–water partition coefficient (Wildman–Crippen LogP) is 7.97. The molecule has 0 saturated heterocycles. The maximum absolute atomic E-state index is 12.8. The van der Waals surface area contributed by atoms with Crippen LogP contribution in [0.2, 0.25) is 0 Å². The number of carbonyl (C=O) groups is 2. The van der Waals surface area contributed by atoms with Gasteiger partial charge in [-0.15, -0.1) is 0 Å². The Morgan fingerprint density at radius 3 is 2.27 bits per heavy atom. The molecule has 5 aliphatic rings. The van der Waals surface area contributed by atoms with Gasteiger partial charge in [0.15, 0.2) is 0 Å². The first-order valence-electron chi connectivity index (χ1n) is 14.8. The highest BCUT2D eigenvalue weighted by Gasteiger charge is 2.69. The smallest absolute Gasteiger partial charge is 0.330 e. The maximum Gasteiger partial charge on any atom is 0.330 e. The zero-order chi connectivity index (χ0) is 27.2. The van der Waals surface area contributed by atoms with Crippen molar-refractivity contribution in [3.05, 3.63) is 24.3 Å². The van der Waals surface area contributed by atoms with Gasteiger partial charge < -0.3 is 9.84 Å². The molecule has 1 N–H and O–H groups in total. The third-order valence-corrected chi connectivity index (χ3v) is 13.4. The first kappa shape index (κ1) is 27.0. The van der Waals surface area contributed by atoms with Crippen LogP contribution >= 0.6 is 0 Å². The molecule has 37 heavy (non-hydrogen) atoms. The summed E-state index contributed by atoms with van der Waals surface area (Å²) in [7, 11) is 0. The van der Waals surface area contributed by atoms with Crippen molar-refractivity contribution in [2.45, 2.75) is 119 Å². The normalized spacial score (nSPS) is 47.7. The summed E-state index contributed by atoms with van der Waals surface area (Å²) >= 11 is 0. The Balaban J connectivity index is 1.54. The zero-order valence-corrected chi connectivity index (χ0v) is 24.4. The molecule has 0 aromatic carbocycles. The van der Waals surface area contributed by atoms with E-state index in [1.807, 2.05) is 0 Å². The molecule has 0 spiro atoms. The van der Waals surface area contributed by atoms with Gasteiger partial charge in [-0.25, -0.2) is 4.79 Å². The van der Waals surface area contributed by atoms with Crippen LogP contribution in [0.4, 0.5) is 0 Å². The zero-order valence-electron chi connectivity index (χ0n) is 24.4. The second-order valence-electron chi connectivity index (χ2n) is 15.7. The number of aliphatic carboxylic acids is 1. The number of esters is 1. The molecule has 4 nitrogen and oxygen atoms in total. The Labute approximate surface area is 224 Å². The van der Waals surface area contributed by atoms with Crippen molar-refractivity contribution < 1.29 is 19.4 Å². The van der Waals surface area contributed by atoms with Crippen molar-refractivity contribution in [1.29, 1.82) is 0 Å². The molecule has 0 amide bonds. The van der Waals surface area contributed by atoms with Crippen molar-refractivity contribution in [3.63, 3.8) is 0 Å². The minimum absolute atomic E-state index is 0.0389. The van der Waals surface area contributed by atoms with Gasteiger partial charge in [-0.2, -0.15) is 0 Å². The summed E-state index contributed by atoms with van der Waals surface area (Å²) in [6.45, 7) is 20.5. The molecule has 0 radical (unpaired) electrons. The van der Waals surface area contributed by atoms with E-state index in [-0.39, 0.29) is 45.1 Å². The van der Waals surface area contributed by atoms with E-state index in [1.54, 1.807) is 0 Å². The standard InChI is InChI=1S/C33H50O4/c1-9-26(34)37-25-13-14-30(6)23(29(25,4)5)12-15-32(8)24(30)11-10-21-22-20-28(2,3)16-18-33(22,27(35)36)19-17-31(21,32)7/h9-10,22-25H,1,11-20H2,2-8H3,(H,35,36)/t22-,23-,24+,25-,30-,31+,32+,33-/m0/s1. The van der Waals surface area contributed by atoms with Gasteiger partial charge >= 0.3 is 11.9 Å². The first-order chi connectivity index (χ1) is 17.1. The molecule has 206 valence electrons. The average Bonchev–Trinajstić information content (AvgIpc) is 2.80. The summed E-state index contributed by atoms with van der Waals surface area (Å²) in [6, 6.07) is 0. The molecule has 4 heteroatoms. The van der Waals surface area contributed by atoms with E-state index < -0.39 is 11.4 Å². The van der Waals surface area contributed by atoms with E-state index in [0.29, 0.717) is 11.8 Å². The molecule has 0 bridgehead atoms. The average molecular weight is 511 g/mol. The number of allylic oxidation sites excluding steroid dienone is 2. The highest BCUT2D eigenvalue weighted by molar-refractivity contribution is 5.81. The second-order valence-corrected chi connectivity index (χ2v) is 15.7. The Morgan fingerprint density at radius 2 is 1.62 bits per heavy atom. The number of hydrogen-bond acceptors (Lipinski definition) is 3. The fraction of sp³-hybridized carbons (Fsp3) is 0.818. The van der Waals surface area contributed by atoms with E-state index in [4.69, 9.17) is 4.74 Å². The lowest BCUT2D eigenvalue weighted by Gasteiger charge is -2.71. The minimum Gasteiger partial charge on any atom is -0.481 e. The minimum atomic E-state index is -0.583.